The molecule has 1 heterocycles. The van der Waals surface area contributed by atoms with Gasteiger partial charge >= 0.3 is 0 Å². The average Bonchev–Trinajstić information content (AvgIpc) is 2.57. The number of carbonyl (C=O) groups is 1. The number of nitrogens with two attached hydrogens (primary N) is 1. The van der Waals surface area contributed by atoms with Crippen LogP contribution in [0.4, 0.5) is 0 Å². The predicted octanol–water partition coefficient (Wildman–Crippen LogP) is -0.928. The minimum absolute atomic E-state index is 0.131. The van der Waals surface area contributed by atoms with Gasteiger partial charge in [0.2, 0.25) is 15.9 Å². The number of hydrogen-bond acceptors (Lipinski definition) is 4. The lowest BCUT2D eigenvalue weighted by atomic mass is 10.1. The Bertz CT molecular complexity index is 384. The fraction of sp³-hybridized carbons (Fsp3) is 0.900. The van der Waals surface area contributed by atoms with Crippen LogP contribution in [0.25, 0.3) is 0 Å². The molecule has 17 heavy (non-hydrogen) atoms. The Hall–Kier alpha value is -0.660. The van der Waals surface area contributed by atoms with Crippen molar-refractivity contribution in [3.8, 4) is 0 Å². The molecule has 7 heteroatoms. The highest BCUT2D eigenvalue weighted by atomic mass is 32.2. The first-order valence-corrected chi connectivity index (χ1v) is 7.14. The van der Waals surface area contributed by atoms with Gasteiger partial charge in [0.1, 0.15) is 0 Å². The summed E-state index contributed by atoms with van der Waals surface area (Å²) < 4.78 is 25.7. The second-order valence-corrected chi connectivity index (χ2v) is 7.13. The number of hydrogen-bond donors (Lipinski definition) is 1. The van der Waals surface area contributed by atoms with E-state index in [-0.39, 0.29) is 12.0 Å². The van der Waals surface area contributed by atoms with Gasteiger partial charge in [-0.1, -0.05) is 6.92 Å². The monoisotopic (exact) mass is 263 g/mol. The number of nitrogens with zero attached hydrogens (tertiary/aromatic N) is 2. The quantitative estimate of drug-likeness (QED) is 0.713. The van der Waals surface area contributed by atoms with E-state index >= 15 is 0 Å². The first kappa shape index (κ1) is 14.4. The number of carbonyl (C=O) groups excluding carboxylic acids is 1. The van der Waals surface area contributed by atoms with Crippen LogP contribution in [0, 0.1) is 5.92 Å². The van der Waals surface area contributed by atoms with Gasteiger partial charge in [-0.25, -0.2) is 8.42 Å². The van der Waals surface area contributed by atoms with Gasteiger partial charge in [-0.2, -0.15) is 4.31 Å². The van der Waals surface area contributed by atoms with Gasteiger partial charge in [-0.05, 0) is 12.8 Å². The second kappa shape index (κ2) is 4.91. The summed E-state index contributed by atoms with van der Waals surface area (Å²) in [5.41, 5.74) is 5.80. The molecule has 1 fully saturated rings. The van der Waals surface area contributed by atoms with E-state index in [0.29, 0.717) is 13.1 Å². The SMILES string of the molecule is CC1CN(S(=O)(=O)C(C)C(=O)N(C)C)CC1N. The molecule has 1 aliphatic rings. The Kier molecular flexibility index (Phi) is 4.16. The van der Waals surface area contributed by atoms with Crippen molar-refractivity contribution in [1.82, 2.24) is 9.21 Å². The topological polar surface area (TPSA) is 83.7 Å². The zero-order chi connectivity index (χ0) is 13.4. The second-order valence-electron chi connectivity index (χ2n) is 4.88. The lowest BCUT2D eigenvalue weighted by molar-refractivity contribution is -0.128. The van der Waals surface area contributed by atoms with Crippen molar-refractivity contribution in [2.75, 3.05) is 27.2 Å². The molecule has 6 nitrogen and oxygen atoms in total. The maximum atomic E-state index is 12.2. The largest absolute Gasteiger partial charge is 0.348 e. The van der Waals surface area contributed by atoms with Crippen molar-refractivity contribution in [2.45, 2.75) is 25.1 Å². The van der Waals surface area contributed by atoms with Crippen molar-refractivity contribution < 1.29 is 13.2 Å². The van der Waals surface area contributed by atoms with Gasteiger partial charge in [-0.15, -0.1) is 0 Å². The molecule has 3 atom stereocenters. The van der Waals surface area contributed by atoms with Crippen LogP contribution in [-0.2, 0) is 14.8 Å². The molecule has 1 aliphatic heterocycles. The number of rotatable bonds is 3. The third-order valence-corrected chi connectivity index (χ3v) is 5.35. The Morgan fingerprint density at radius 2 is 1.94 bits per heavy atom. The van der Waals surface area contributed by atoms with E-state index in [1.54, 1.807) is 14.1 Å². The minimum Gasteiger partial charge on any atom is -0.348 e. The van der Waals surface area contributed by atoms with Gasteiger partial charge in [-0.3, -0.25) is 4.79 Å². The minimum atomic E-state index is -3.59. The Labute approximate surface area is 103 Å². The lowest BCUT2D eigenvalue weighted by Crippen LogP contribution is -2.45. The third kappa shape index (κ3) is 2.78. The highest BCUT2D eigenvalue weighted by molar-refractivity contribution is 7.90. The molecule has 1 amide bonds. The first-order chi connectivity index (χ1) is 7.67. The first-order valence-electron chi connectivity index (χ1n) is 5.63. The molecule has 1 rings (SSSR count). The summed E-state index contributed by atoms with van der Waals surface area (Å²) in [5, 5.41) is -1.05. The van der Waals surface area contributed by atoms with Crippen LogP contribution in [0.3, 0.4) is 0 Å². The molecule has 0 aromatic rings. The van der Waals surface area contributed by atoms with Crippen LogP contribution >= 0.6 is 0 Å². The smallest absolute Gasteiger partial charge is 0.241 e. The van der Waals surface area contributed by atoms with E-state index < -0.39 is 21.2 Å². The normalized spacial score (nSPS) is 28.1. The van der Waals surface area contributed by atoms with Gasteiger partial charge in [0.05, 0.1) is 0 Å². The third-order valence-electron chi connectivity index (χ3n) is 3.23. The van der Waals surface area contributed by atoms with E-state index in [4.69, 9.17) is 5.73 Å². The van der Waals surface area contributed by atoms with Gasteiger partial charge in [0.25, 0.3) is 0 Å². The lowest BCUT2D eigenvalue weighted by Gasteiger charge is -2.23. The van der Waals surface area contributed by atoms with Crippen molar-refractivity contribution in [2.24, 2.45) is 11.7 Å². The maximum Gasteiger partial charge on any atom is 0.241 e. The number of sulfonamides is 1. The van der Waals surface area contributed by atoms with Crippen molar-refractivity contribution in [3.05, 3.63) is 0 Å². The molecule has 0 bridgehead atoms. The Balaban J connectivity index is 2.86. The zero-order valence-electron chi connectivity index (χ0n) is 10.8. The van der Waals surface area contributed by atoms with Crippen LogP contribution < -0.4 is 5.73 Å². The van der Waals surface area contributed by atoms with Crippen LogP contribution in [0.1, 0.15) is 13.8 Å². The Morgan fingerprint density at radius 3 is 2.29 bits per heavy atom. The fourth-order valence-electron chi connectivity index (χ4n) is 1.87. The molecule has 0 radical (unpaired) electrons. The molecule has 0 aliphatic carbocycles. The van der Waals surface area contributed by atoms with Gasteiger partial charge in [0.15, 0.2) is 5.25 Å². The summed E-state index contributed by atoms with van der Waals surface area (Å²) in [6.45, 7) is 4.04. The van der Waals surface area contributed by atoms with E-state index in [9.17, 15) is 13.2 Å². The molecular formula is C10H21N3O3S. The highest BCUT2D eigenvalue weighted by Gasteiger charge is 2.40. The highest BCUT2D eigenvalue weighted by Crippen LogP contribution is 2.21. The van der Waals surface area contributed by atoms with Crippen LogP contribution in [-0.4, -0.2) is 62.0 Å². The molecular weight excluding hydrogens is 242 g/mol. The van der Waals surface area contributed by atoms with Crippen LogP contribution in [0.15, 0.2) is 0 Å². The zero-order valence-corrected chi connectivity index (χ0v) is 11.6. The van der Waals surface area contributed by atoms with Gasteiger partial charge in [0, 0.05) is 33.2 Å². The standard InChI is InChI=1S/C10H21N3O3S/c1-7-5-13(6-9(7)11)17(15,16)8(2)10(14)12(3)4/h7-9H,5-6,11H2,1-4H3. The van der Waals surface area contributed by atoms with Crippen molar-refractivity contribution in [3.63, 3.8) is 0 Å². The molecule has 0 aromatic carbocycles. The van der Waals surface area contributed by atoms with E-state index in [2.05, 4.69) is 0 Å². The summed E-state index contributed by atoms with van der Waals surface area (Å²) in [6.07, 6.45) is 0. The van der Waals surface area contributed by atoms with E-state index in [1.807, 2.05) is 6.92 Å². The van der Waals surface area contributed by atoms with Crippen molar-refractivity contribution in [1.29, 1.82) is 0 Å². The van der Waals surface area contributed by atoms with Gasteiger partial charge < -0.3 is 10.6 Å². The summed E-state index contributed by atoms with van der Waals surface area (Å²) in [5.74, 6) is -0.274. The van der Waals surface area contributed by atoms with E-state index in [0.717, 1.165) is 0 Å². The molecule has 0 spiro atoms. The number of amides is 1. The van der Waals surface area contributed by atoms with E-state index in [1.165, 1.54) is 16.1 Å². The molecule has 2 N–H and O–H groups in total. The Morgan fingerprint density at radius 1 is 1.41 bits per heavy atom. The molecule has 0 saturated carbocycles. The van der Waals surface area contributed by atoms with Crippen molar-refractivity contribution >= 4 is 15.9 Å². The summed E-state index contributed by atoms with van der Waals surface area (Å²) in [7, 11) is -0.490. The summed E-state index contributed by atoms with van der Waals surface area (Å²) in [6, 6.07) is -0.147. The average molecular weight is 263 g/mol. The molecule has 3 unspecified atom stereocenters. The summed E-state index contributed by atoms with van der Waals surface area (Å²) in [4.78, 5) is 13.0. The van der Waals surface area contributed by atoms with Crippen LogP contribution in [0.2, 0.25) is 0 Å². The fourth-order valence-corrected chi connectivity index (χ4v) is 3.60. The van der Waals surface area contributed by atoms with Crippen LogP contribution in [0.5, 0.6) is 0 Å². The molecule has 1 saturated heterocycles. The maximum absolute atomic E-state index is 12.2. The molecule has 100 valence electrons. The predicted molar refractivity (Wildman–Crippen MR) is 65.8 cm³/mol. The molecule has 0 aromatic heterocycles. The summed E-state index contributed by atoms with van der Waals surface area (Å²) >= 11 is 0.